The first-order valence-corrected chi connectivity index (χ1v) is 7.46. The van der Waals surface area contributed by atoms with Crippen molar-refractivity contribution >= 4 is 10.0 Å². The zero-order chi connectivity index (χ0) is 13.2. The van der Waals surface area contributed by atoms with Crippen molar-refractivity contribution in [3.63, 3.8) is 0 Å². The highest BCUT2D eigenvalue weighted by atomic mass is 32.2. The normalized spacial score (nSPS) is 21.3. The van der Waals surface area contributed by atoms with Gasteiger partial charge in [0.2, 0.25) is 10.0 Å². The third-order valence-corrected chi connectivity index (χ3v) is 5.37. The summed E-state index contributed by atoms with van der Waals surface area (Å²) in [6.45, 7) is 0.517. The summed E-state index contributed by atoms with van der Waals surface area (Å²) in [5.74, 6) is 0. The summed E-state index contributed by atoms with van der Waals surface area (Å²) in [6, 6.07) is 6.45. The van der Waals surface area contributed by atoms with E-state index in [2.05, 4.69) is 0 Å². The predicted molar refractivity (Wildman–Crippen MR) is 68.3 cm³/mol. The molecule has 1 aromatic rings. The summed E-state index contributed by atoms with van der Waals surface area (Å²) in [5.41, 5.74) is 6.19. The zero-order valence-corrected chi connectivity index (χ0v) is 10.9. The molecule has 6 heteroatoms. The van der Waals surface area contributed by atoms with Crippen LogP contribution in [0.2, 0.25) is 0 Å². The van der Waals surface area contributed by atoms with Crippen LogP contribution in [0.5, 0.6) is 0 Å². The molecule has 5 nitrogen and oxygen atoms in total. The van der Waals surface area contributed by atoms with Gasteiger partial charge in [0, 0.05) is 19.1 Å². The maximum Gasteiger partial charge on any atom is 0.243 e. The van der Waals surface area contributed by atoms with Crippen molar-refractivity contribution in [2.75, 3.05) is 13.2 Å². The average molecular weight is 270 g/mol. The van der Waals surface area contributed by atoms with Gasteiger partial charge < -0.3 is 10.8 Å². The van der Waals surface area contributed by atoms with Crippen molar-refractivity contribution < 1.29 is 13.5 Å². The molecule has 0 aromatic heterocycles. The van der Waals surface area contributed by atoms with Gasteiger partial charge in [-0.1, -0.05) is 18.2 Å². The minimum atomic E-state index is -3.55. The van der Waals surface area contributed by atoms with E-state index in [-0.39, 0.29) is 24.1 Å². The Labute approximate surface area is 107 Å². The maximum atomic E-state index is 12.5. The Hall–Kier alpha value is -0.950. The van der Waals surface area contributed by atoms with Crippen LogP contribution in [0.15, 0.2) is 29.2 Å². The number of aliphatic hydroxyl groups excluding tert-OH is 1. The van der Waals surface area contributed by atoms with Crippen LogP contribution in [-0.2, 0) is 16.6 Å². The molecule has 0 aliphatic carbocycles. The molecule has 100 valence electrons. The molecule has 18 heavy (non-hydrogen) atoms. The summed E-state index contributed by atoms with van der Waals surface area (Å²) in [7, 11) is -3.55. The summed E-state index contributed by atoms with van der Waals surface area (Å²) in [5, 5.41) is 9.24. The molecule has 3 N–H and O–H groups in total. The Morgan fingerprint density at radius 3 is 2.78 bits per heavy atom. The van der Waals surface area contributed by atoms with Crippen LogP contribution in [0.25, 0.3) is 0 Å². The minimum Gasteiger partial charge on any atom is -0.395 e. The molecule has 1 heterocycles. The van der Waals surface area contributed by atoms with E-state index in [1.54, 1.807) is 24.3 Å². The van der Waals surface area contributed by atoms with Gasteiger partial charge in [-0.25, -0.2) is 8.42 Å². The van der Waals surface area contributed by atoms with Gasteiger partial charge in [-0.3, -0.25) is 0 Å². The Balaban J connectivity index is 2.42. The fourth-order valence-corrected chi connectivity index (χ4v) is 4.28. The molecule has 1 aliphatic heterocycles. The van der Waals surface area contributed by atoms with Crippen LogP contribution in [-0.4, -0.2) is 37.0 Å². The highest BCUT2D eigenvalue weighted by Crippen LogP contribution is 2.27. The smallest absolute Gasteiger partial charge is 0.243 e. The van der Waals surface area contributed by atoms with Gasteiger partial charge >= 0.3 is 0 Å². The minimum absolute atomic E-state index is 0.135. The number of nitrogens with two attached hydrogens (primary N) is 1. The van der Waals surface area contributed by atoms with E-state index in [1.165, 1.54) is 4.31 Å². The summed E-state index contributed by atoms with van der Waals surface area (Å²) >= 11 is 0. The van der Waals surface area contributed by atoms with E-state index in [4.69, 9.17) is 5.73 Å². The van der Waals surface area contributed by atoms with Gasteiger partial charge in [-0.15, -0.1) is 0 Å². The number of benzene rings is 1. The van der Waals surface area contributed by atoms with Gasteiger partial charge in [0.25, 0.3) is 0 Å². The van der Waals surface area contributed by atoms with E-state index in [1.807, 2.05) is 0 Å². The van der Waals surface area contributed by atoms with E-state index >= 15 is 0 Å². The topological polar surface area (TPSA) is 83.6 Å². The van der Waals surface area contributed by atoms with Crippen LogP contribution >= 0.6 is 0 Å². The summed E-state index contributed by atoms with van der Waals surface area (Å²) in [4.78, 5) is 0.257. The first kappa shape index (κ1) is 13.5. The van der Waals surface area contributed by atoms with Gasteiger partial charge in [0.15, 0.2) is 0 Å². The number of sulfonamides is 1. The molecule has 1 atom stereocenters. The summed E-state index contributed by atoms with van der Waals surface area (Å²) in [6.07, 6.45) is 1.50. The molecular weight excluding hydrogens is 252 g/mol. The quantitative estimate of drug-likeness (QED) is 0.823. The molecule has 0 radical (unpaired) electrons. The van der Waals surface area contributed by atoms with Crippen LogP contribution in [0, 0.1) is 0 Å². The molecular formula is C12H18N2O3S. The van der Waals surface area contributed by atoms with E-state index in [0.717, 1.165) is 6.42 Å². The van der Waals surface area contributed by atoms with Crippen LogP contribution in [0.4, 0.5) is 0 Å². The number of rotatable bonds is 4. The molecule has 0 amide bonds. The number of hydrogen-bond donors (Lipinski definition) is 2. The standard InChI is InChI=1S/C12H18N2O3S/c13-8-10-4-1-2-6-12(10)18(16,17)14-7-3-5-11(14)9-15/h1-2,4,6,11,15H,3,5,7-9,13H2. The fourth-order valence-electron chi connectivity index (χ4n) is 2.36. The van der Waals surface area contributed by atoms with E-state index in [9.17, 15) is 13.5 Å². The molecule has 1 fully saturated rings. The Bertz CT molecular complexity index is 516. The lowest BCUT2D eigenvalue weighted by Gasteiger charge is -2.23. The lowest BCUT2D eigenvalue weighted by Crippen LogP contribution is -2.38. The van der Waals surface area contributed by atoms with Gasteiger partial charge in [0.1, 0.15) is 0 Å². The Morgan fingerprint density at radius 1 is 1.39 bits per heavy atom. The molecule has 1 saturated heterocycles. The second-order valence-corrected chi connectivity index (χ2v) is 6.27. The second-order valence-electron chi connectivity index (χ2n) is 4.41. The first-order chi connectivity index (χ1) is 8.61. The maximum absolute atomic E-state index is 12.5. The SMILES string of the molecule is NCc1ccccc1S(=O)(=O)N1CCCC1CO. The zero-order valence-electron chi connectivity index (χ0n) is 10.1. The van der Waals surface area contributed by atoms with Crippen molar-refractivity contribution in [3.8, 4) is 0 Å². The molecule has 1 aromatic carbocycles. The molecule has 0 spiro atoms. The van der Waals surface area contributed by atoms with Crippen molar-refractivity contribution in [3.05, 3.63) is 29.8 Å². The Morgan fingerprint density at radius 2 is 2.11 bits per heavy atom. The molecule has 1 aliphatic rings. The molecule has 2 rings (SSSR count). The van der Waals surface area contributed by atoms with Crippen molar-refractivity contribution in [1.29, 1.82) is 0 Å². The lowest BCUT2D eigenvalue weighted by molar-refractivity contribution is 0.213. The van der Waals surface area contributed by atoms with Gasteiger partial charge in [0.05, 0.1) is 11.5 Å². The second kappa shape index (κ2) is 5.36. The van der Waals surface area contributed by atoms with E-state index < -0.39 is 10.0 Å². The average Bonchev–Trinajstić information content (AvgIpc) is 2.87. The molecule has 0 bridgehead atoms. The van der Waals surface area contributed by atoms with Crippen molar-refractivity contribution in [2.45, 2.75) is 30.3 Å². The van der Waals surface area contributed by atoms with Crippen LogP contribution in [0.1, 0.15) is 18.4 Å². The number of aliphatic hydroxyl groups is 1. The molecule has 1 unspecified atom stereocenters. The van der Waals surface area contributed by atoms with Crippen molar-refractivity contribution in [1.82, 2.24) is 4.31 Å². The first-order valence-electron chi connectivity index (χ1n) is 6.02. The van der Waals surface area contributed by atoms with Crippen molar-refractivity contribution in [2.24, 2.45) is 5.73 Å². The van der Waals surface area contributed by atoms with E-state index in [0.29, 0.717) is 18.5 Å². The van der Waals surface area contributed by atoms with Gasteiger partial charge in [-0.2, -0.15) is 4.31 Å². The fraction of sp³-hybridized carbons (Fsp3) is 0.500. The van der Waals surface area contributed by atoms with Crippen LogP contribution in [0.3, 0.4) is 0 Å². The number of nitrogens with zero attached hydrogens (tertiary/aromatic N) is 1. The largest absolute Gasteiger partial charge is 0.395 e. The summed E-state index contributed by atoms with van der Waals surface area (Å²) < 4.78 is 26.5. The molecule has 0 saturated carbocycles. The van der Waals surface area contributed by atoms with Gasteiger partial charge in [-0.05, 0) is 24.5 Å². The highest BCUT2D eigenvalue weighted by Gasteiger charge is 2.35. The van der Waals surface area contributed by atoms with Crippen LogP contribution < -0.4 is 5.73 Å². The highest BCUT2D eigenvalue weighted by molar-refractivity contribution is 7.89. The third-order valence-electron chi connectivity index (χ3n) is 3.31. The predicted octanol–water partition coefficient (Wildman–Crippen LogP) is 0.291. The Kier molecular flexibility index (Phi) is 4.01. The third kappa shape index (κ3) is 2.29. The monoisotopic (exact) mass is 270 g/mol. The lowest BCUT2D eigenvalue weighted by atomic mass is 10.2. The number of hydrogen-bond acceptors (Lipinski definition) is 4.